The summed E-state index contributed by atoms with van der Waals surface area (Å²) in [5, 5.41) is 17.4. The number of fused-ring (bicyclic) bond motifs is 1. The SMILES string of the molecule is C=C(C#N)CNc1cccc2ccc(-c3nccc(C(=O)NC4CCN(C)CC4)n3)cc12. The maximum Gasteiger partial charge on any atom is 0.270 e. The lowest BCUT2D eigenvalue weighted by Crippen LogP contribution is -2.43. The largest absolute Gasteiger partial charge is 0.380 e. The van der Waals surface area contributed by atoms with Crippen LogP contribution in [0.15, 0.2) is 60.8 Å². The molecule has 1 saturated heterocycles. The second-order valence-electron chi connectivity index (χ2n) is 8.13. The fraction of sp³-hybridized carbons (Fsp3) is 0.280. The van der Waals surface area contributed by atoms with Crippen molar-refractivity contribution < 1.29 is 4.79 Å². The van der Waals surface area contributed by atoms with Gasteiger partial charge in [-0.2, -0.15) is 5.26 Å². The first kappa shape index (κ1) is 21.5. The molecular formula is C25H26N6O. The number of nitrogens with zero attached hydrogens (tertiary/aromatic N) is 4. The molecule has 2 N–H and O–H groups in total. The Bertz CT molecular complexity index is 1190. The van der Waals surface area contributed by atoms with E-state index in [1.54, 1.807) is 12.3 Å². The Morgan fingerprint density at radius 3 is 2.84 bits per heavy atom. The number of benzene rings is 2. The van der Waals surface area contributed by atoms with Gasteiger partial charge in [0.1, 0.15) is 5.69 Å². The Kier molecular flexibility index (Phi) is 6.43. The van der Waals surface area contributed by atoms with E-state index in [1.807, 2.05) is 36.4 Å². The zero-order chi connectivity index (χ0) is 22.5. The van der Waals surface area contributed by atoms with E-state index >= 15 is 0 Å². The molecule has 0 unspecified atom stereocenters. The zero-order valence-electron chi connectivity index (χ0n) is 18.1. The van der Waals surface area contributed by atoms with E-state index < -0.39 is 0 Å². The first-order chi connectivity index (χ1) is 15.5. The molecule has 2 heterocycles. The average Bonchev–Trinajstić information content (AvgIpc) is 2.83. The van der Waals surface area contributed by atoms with Gasteiger partial charge in [0.05, 0.1) is 6.07 Å². The first-order valence-electron chi connectivity index (χ1n) is 10.7. The molecule has 4 rings (SSSR count). The van der Waals surface area contributed by atoms with Crippen LogP contribution in [0.25, 0.3) is 22.2 Å². The second-order valence-corrected chi connectivity index (χ2v) is 8.13. The lowest BCUT2D eigenvalue weighted by atomic mass is 10.0. The number of carbonyl (C=O) groups is 1. The van der Waals surface area contributed by atoms with Gasteiger partial charge >= 0.3 is 0 Å². The molecule has 7 nitrogen and oxygen atoms in total. The Labute approximate surface area is 187 Å². The van der Waals surface area contributed by atoms with Gasteiger partial charge in [0.25, 0.3) is 5.91 Å². The average molecular weight is 427 g/mol. The predicted molar refractivity (Wildman–Crippen MR) is 126 cm³/mol. The molecule has 1 aromatic heterocycles. The van der Waals surface area contributed by atoms with Gasteiger partial charge in [-0.15, -0.1) is 0 Å². The number of nitrogens with one attached hydrogen (secondary N) is 2. The number of aromatic nitrogens is 2. The van der Waals surface area contributed by atoms with Crippen LogP contribution in [0.1, 0.15) is 23.3 Å². The van der Waals surface area contributed by atoms with Crippen molar-refractivity contribution in [1.29, 1.82) is 5.26 Å². The standard InChI is InChI=1S/C25H26N6O/c1-17(15-26)16-28-22-5-3-4-18-6-7-19(14-21(18)22)24-27-11-8-23(30-24)25(32)29-20-9-12-31(2)13-10-20/h3-8,11,14,20,28H,1,9-10,12-13,16H2,2H3,(H,29,32). The van der Waals surface area contributed by atoms with Gasteiger partial charge in [0.2, 0.25) is 0 Å². The minimum Gasteiger partial charge on any atom is -0.380 e. The van der Waals surface area contributed by atoms with Crippen LogP contribution in [0.2, 0.25) is 0 Å². The van der Waals surface area contributed by atoms with Crippen LogP contribution in [0, 0.1) is 11.3 Å². The lowest BCUT2D eigenvalue weighted by molar-refractivity contribution is 0.0911. The molecule has 7 heteroatoms. The van der Waals surface area contributed by atoms with Crippen LogP contribution >= 0.6 is 0 Å². The van der Waals surface area contributed by atoms with E-state index in [0.717, 1.165) is 48.0 Å². The summed E-state index contributed by atoms with van der Waals surface area (Å²) in [6.45, 7) is 6.06. The molecule has 0 aliphatic carbocycles. The van der Waals surface area contributed by atoms with Gasteiger partial charge in [-0.1, -0.05) is 30.8 Å². The van der Waals surface area contributed by atoms with Crippen molar-refractivity contribution in [2.45, 2.75) is 18.9 Å². The third-order valence-corrected chi connectivity index (χ3v) is 5.73. The fourth-order valence-corrected chi connectivity index (χ4v) is 3.84. The summed E-state index contributed by atoms with van der Waals surface area (Å²) in [6.07, 6.45) is 3.51. The molecule has 162 valence electrons. The molecule has 32 heavy (non-hydrogen) atoms. The van der Waals surface area contributed by atoms with Crippen LogP contribution < -0.4 is 10.6 Å². The van der Waals surface area contributed by atoms with Crippen LogP contribution in [0.5, 0.6) is 0 Å². The summed E-state index contributed by atoms with van der Waals surface area (Å²) in [5.74, 6) is 0.334. The molecule has 1 amide bonds. The Morgan fingerprint density at radius 2 is 2.06 bits per heavy atom. The van der Waals surface area contributed by atoms with E-state index in [9.17, 15) is 4.79 Å². The summed E-state index contributed by atoms with van der Waals surface area (Å²) in [5.41, 5.74) is 2.55. The molecule has 3 aromatic rings. The molecule has 0 atom stereocenters. The number of amides is 1. The monoisotopic (exact) mass is 426 g/mol. The number of rotatable bonds is 6. The van der Waals surface area contributed by atoms with E-state index in [-0.39, 0.29) is 11.9 Å². The number of piperidine rings is 1. The van der Waals surface area contributed by atoms with E-state index in [4.69, 9.17) is 5.26 Å². The van der Waals surface area contributed by atoms with Crippen LogP contribution in [-0.4, -0.2) is 53.5 Å². The van der Waals surface area contributed by atoms with Crippen molar-refractivity contribution in [3.05, 3.63) is 66.5 Å². The number of likely N-dealkylation sites (tertiary alicyclic amines) is 1. The third-order valence-electron chi connectivity index (χ3n) is 5.73. The number of nitriles is 1. The molecular weight excluding hydrogens is 400 g/mol. The molecule has 0 saturated carbocycles. The van der Waals surface area contributed by atoms with Gasteiger partial charge in [0.15, 0.2) is 5.82 Å². The highest BCUT2D eigenvalue weighted by Crippen LogP contribution is 2.28. The summed E-state index contributed by atoms with van der Waals surface area (Å²) < 4.78 is 0. The molecule has 2 aromatic carbocycles. The minimum absolute atomic E-state index is 0.165. The summed E-state index contributed by atoms with van der Waals surface area (Å²) in [6, 6.07) is 15.8. The Morgan fingerprint density at radius 1 is 1.25 bits per heavy atom. The lowest BCUT2D eigenvalue weighted by Gasteiger charge is -2.29. The molecule has 1 aliphatic heterocycles. The summed E-state index contributed by atoms with van der Waals surface area (Å²) >= 11 is 0. The van der Waals surface area contributed by atoms with Gasteiger partial charge in [-0.25, -0.2) is 9.97 Å². The summed E-state index contributed by atoms with van der Waals surface area (Å²) in [4.78, 5) is 24.0. The van der Waals surface area contributed by atoms with Crippen molar-refractivity contribution in [2.24, 2.45) is 0 Å². The zero-order valence-corrected chi connectivity index (χ0v) is 18.1. The first-order valence-corrected chi connectivity index (χ1v) is 10.7. The van der Waals surface area contributed by atoms with Gasteiger partial charge in [0, 0.05) is 41.0 Å². The highest BCUT2D eigenvalue weighted by atomic mass is 16.1. The molecule has 1 fully saturated rings. The van der Waals surface area contributed by atoms with Crippen molar-refractivity contribution in [3.8, 4) is 17.5 Å². The van der Waals surface area contributed by atoms with E-state index in [1.165, 1.54) is 0 Å². The highest BCUT2D eigenvalue weighted by Gasteiger charge is 2.20. The van der Waals surface area contributed by atoms with E-state index in [0.29, 0.717) is 23.6 Å². The number of anilines is 1. The maximum atomic E-state index is 12.8. The second kappa shape index (κ2) is 9.58. The predicted octanol–water partition coefficient (Wildman–Crippen LogP) is 3.61. The number of hydrogen-bond donors (Lipinski definition) is 2. The molecule has 0 bridgehead atoms. The topological polar surface area (TPSA) is 93.9 Å². The van der Waals surface area contributed by atoms with E-state index in [2.05, 4.69) is 45.2 Å². The minimum atomic E-state index is -0.165. The fourth-order valence-electron chi connectivity index (χ4n) is 3.84. The Balaban J connectivity index is 1.57. The Hall–Kier alpha value is -3.76. The normalized spacial score (nSPS) is 14.6. The summed E-state index contributed by atoms with van der Waals surface area (Å²) in [7, 11) is 2.10. The van der Waals surface area contributed by atoms with Gasteiger partial charge < -0.3 is 15.5 Å². The van der Waals surface area contributed by atoms with Crippen LogP contribution in [0.3, 0.4) is 0 Å². The van der Waals surface area contributed by atoms with Crippen molar-refractivity contribution in [2.75, 3.05) is 32.0 Å². The molecule has 0 spiro atoms. The number of hydrogen-bond acceptors (Lipinski definition) is 6. The highest BCUT2D eigenvalue weighted by molar-refractivity contribution is 5.97. The van der Waals surface area contributed by atoms with Crippen LogP contribution in [0.4, 0.5) is 5.69 Å². The van der Waals surface area contributed by atoms with Crippen molar-refractivity contribution in [1.82, 2.24) is 20.2 Å². The van der Waals surface area contributed by atoms with Gasteiger partial charge in [-0.05, 0) is 56.6 Å². The maximum absolute atomic E-state index is 12.8. The third kappa shape index (κ3) is 4.93. The molecule has 0 radical (unpaired) electrons. The van der Waals surface area contributed by atoms with Crippen molar-refractivity contribution in [3.63, 3.8) is 0 Å². The van der Waals surface area contributed by atoms with Crippen molar-refractivity contribution >= 4 is 22.4 Å². The number of carbonyl (C=O) groups excluding carboxylic acids is 1. The molecule has 1 aliphatic rings. The van der Waals surface area contributed by atoms with Crippen LogP contribution in [-0.2, 0) is 0 Å². The quantitative estimate of drug-likeness (QED) is 0.585. The smallest absolute Gasteiger partial charge is 0.270 e. The van der Waals surface area contributed by atoms with Gasteiger partial charge in [-0.3, -0.25) is 4.79 Å².